The summed E-state index contributed by atoms with van der Waals surface area (Å²) in [5.41, 5.74) is 4.96. The second-order valence-corrected chi connectivity index (χ2v) is 3.72. The normalized spacial score (nSPS) is 35.9. The van der Waals surface area contributed by atoms with Crippen LogP contribution in [0.15, 0.2) is 0 Å². The average Bonchev–Trinajstić information content (AvgIpc) is 2.30. The van der Waals surface area contributed by atoms with E-state index in [2.05, 4.69) is 10.1 Å². The van der Waals surface area contributed by atoms with Gasteiger partial charge in [0.1, 0.15) is 18.3 Å². The molecule has 1 aliphatic rings. The molecular formula is C9H16N2O7. The van der Waals surface area contributed by atoms with Gasteiger partial charge in [-0.15, -0.1) is 0 Å². The standard InChI is InChI=1S/C9H16N2O7/c1-2-17-9(16)11-8-5(14)3(12)4(13)6(18-8)7(10)15/h3-6,8,12-14H,2H2,1H3,(H2,10,15)(H,11,16)/t3-,4-,5+,6-,8+/m0/s1. The molecule has 0 aromatic heterocycles. The molecule has 104 valence electrons. The maximum atomic E-state index is 11.1. The van der Waals surface area contributed by atoms with Crippen LogP contribution in [0.1, 0.15) is 6.92 Å². The van der Waals surface area contributed by atoms with Crippen LogP contribution in [0.4, 0.5) is 4.79 Å². The van der Waals surface area contributed by atoms with Crippen molar-refractivity contribution >= 4 is 12.0 Å². The number of primary amides is 1. The fourth-order valence-electron chi connectivity index (χ4n) is 1.52. The van der Waals surface area contributed by atoms with Gasteiger partial charge in [0.15, 0.2) is 12.3 Å². The van der Waals surface area contributed by atoms with Crippen LogP contribution in [-0.4, -0.2) is 64.6 Å². The molecular weight excluding hydrogens is 248 g/mol. The summed E-state index contributed by atoms with van der Waals surface area (Å²) >= 11 is 0. The van der Waals surface area contributed by atoms with E-state index >= 15 is 0 Å². The first kappa shape index (κ1) is 14.6. The van der Waals surface area contributed by atoms with Crippen LogP contribution in [0, 0.1) is 0 Å². The Morgan fingerprint density at radius 3 is 2.39 bits per heavy atom. The Kier molecular flexibility index (Phi) is 4.84. The van der Waals surface area contributed by atoms with Gasteiger partial charge in [-0.25, -0.2) is 4.79 Å². The highest BCUT2D eigenvalue weighted by Gasteiger charge is 2.46. The van der Waals surface area contributed by atoms with Gasteiger partial charge in [-0.3, -0.25) is 10.1 Å². The smallest absolute Gasteiger partial charge is 0.409 e. The number of hydrogen-bond acceptors (Lipinski definition) is 7. The minimum atomic E-state index is -1.68. The highest BCUT2D eigenvalue weighted by Crippen LogP contribution is 2.19. The topological polar surface area (TPSA) is 151 Å². The number of nitrogens with two attached hydrogens (primary N) is 1. The van der Waals surface area contributed by atoms with Crippen LogP contribution in [-0.2, 0) is 14.3 Å². The van der Waals surface area contributed by atoms with E-state index in [1.54, 1.807) is 6.92 Å². The van der Waals surface area contributed by atoms with Crippen molar-refractivity contribution < 1.29 is 34.4 Å². The molecule has 0 aromatic rings. The second-order valence-electron chi connectivity index (χ2n) is 3.72. The molecule has 2 amide bonds. The van der Waals surface area contributed by atoms with Gasteiger partial charge < -0.3 is 30.5 Å². The molecule has 0 aliphatic carbocycles. The van der Waals surface area contributed by atoms with Gasteiger partial charge in [0.05, 0.1) is 6.61 Å². The number of aliphatic hydroxyl groups excluding tert-OH is 3. The lowest BCUT2D eigenvalue weighted by molar-refractivity contribution is -0.224. The molecule has 1 fully saturated rings. The van der Waals surface area contributed by atoms with Gasteiger partial charge in [-0.1, -0.05) is 0 Å². The summed E-state index contributed by atoms with van der Waals surface area (Å²) in [6.07, 6.45) is -8.79. The molecule has 0 saturated carbocycles. The Balaban J connectivity index is 2.73. The second kappa shape index (κ2) is 5.96. The molecule has 6 N–H and O–H groups in total. The fraction of sp³-hybridized carbons (Fsp3) is 0.778. The Labute approximate surface area is 102 Å². The van der Waals surface area contributed by atoms with E-state index < -0.39 is 42.6 Å². The van der Waals surface area contributed by atoms with Crippen molar-refractivity contribution in [3.05, 3.63) is 0 Å². The molecule has 5 atom stereocenters. The van der Waals surface area contributed by atoms with E-state index in [-0.39, 0.29) is 6.61 Å². The first-order valence-electron chi connectivity index (χ1n) is 5.30. The largest absolute Gasteiger partial charge is 0.450 e. The average molecular weight is 264 g/mol. The van der Waals surface area contributed by atoms with Crippen molar-refractivity contribution in [2.24, 2.45) is 5.73 Å². The predicted octanol–water partition coefficient (Wildman–Crippen LogP) is -2.97. The number of rotatable bonds is 3. The highest BCUT2D eigenvalue weighted by molar-refractivity contribution is 5.80. The summed E-state index contributed by atoms with van der Waals surface area (Å²) in [6.45, 7) is 1.67. The zero-order valence-corrected chi connectivity index (χ0v) is 9.65. The van der Waals surface area contributed by atoms with Crippen molar-refractivity contribution in [1.82, 2.24) is 5.32 Å². The lowest BCUT2D eigenvalue weighted by atomic mass is 9.98. The van der Waals surface area contributed by atoms with E-state index in [0.29, 0.717) is 0 Å². The molecule has 0 unspecified atom stereocenters. The molecule has 1 heterocycles. The van der Waals surface area contributed by atoms with Crippen molar-refractivity contribution in [2.45, 2.75) is 37.6 Å². The van der Waals surface area contributed by atoms with E-state index in [4.69, 9.17) is 10.5 Å². The molecule has 0 radical (unpaired) electrons. The van der Waals surface area contributed by atoms with E-state index in [1.807, 2.05) is 0 Å². The van der Waals surface area contributed by atoms with Crippen molar-refractivity contribution in [2.75, 3.05) is 6.61 Å². The van der Waals surface area contributed by atoms with Crippen LogP contribution >= 0.6 is 0 Å². The van der Waals surface area contributed by atoms with Crippen LogP contribution in [0.2, 0.25) is 0 Å². The summed E-state index contributed by atoms with van der Waals surface area (Å²) < 4.78 is 9.46. The number of amides is 2. The highest BCUT2D eigenvalue weighted by atomic mass is 16.6. The Morgan fingerprint density at radius 2 is 1.89 bits per heavy atom. The van der Waals surface area contributed by atoms with Crippen LogP contribution in [0.25, 0.3) is 0 Å². The number of alkyl carbamates (subject to hydrolysis) is 1. The Morgan fingerprint density at radius 1 is 1.28 bits per heavy atom. The van der Waals surface area contributed by atoms with E-state index in [1.165, 1.54) is 0 Å². The summed E-state index contributed by atoms with van der Waals surface area (Å²) in [4.78, 5) is 22.1. The van der Waals surface area contributed by atoms with E-state index in [0.717, 1.165) is 0 Å². The fourth-order valence-corrected chi connectivity index (χ4v) is 1.52. The molecule has 1 saturated heterocycles. The van der Waals surface area contributed by atoms with E-state index in [9.17, 15) is 24.9 Å². The van der Waals surface area contributed by atoms with Gasteiger partial charge >= 0.3 is 6.09 Å². The minimum absolute atomic E-state index is 0.0963. The summed E-state index contributed by atoms with van der Waals surface area (Å²) in [7, 11) is 0. The maximum Gasteiger partial charge on any atom is 0.409 e. The lowest BCUT2D eigenvalue weighted by Gasteiger charge is -2.39. The van der Waals surface area contributed by atoms with Crippen molar-refractivity contribution in [3.8, 4) is 0 Å². The molecule has 0 bridgehead atoms. The van der Waals surface area contributed by atoms with Crippen molar-refractivity contribution in [3.63, 3.8) is 0 Å². The number of ether oxygens (including phenoxy) is 2. The summed E-state index contributed by atoms with van der Waals surface area (Å²) in [5.74, 6) is -1.02. The molecule has 9 heteroatoms. The first-order valence-corrected chi connectivity index (χ1v) is 5.30. The van der Waals surface area contributed by atoms with Crippen LogP contribution in [0.3, 0.4) is 0 Å². The van der Waals surface area contributed by atoms with Crippen molar-refractivity contribution in [1.29, 1.82) is 0 Å². The Hall–Kier alpha value is -1.42. The number of nitrogens with one attached hydrogen (secondary N) is 1. The monoisotopic (exact) mass is 264 g/mol. The zero-order valence-electron chi connectivity index (χ0n) is 9.65. The Bertz CT molecular complexity index is 324. The minimum Gasteiger partial charge on any atom is -0.450 e. The number of carbonyl (C=O) groups is 2. The third-order valence-corrected chi connectivity index (χ3v) is 2.43. The van der Waals surface area contributed by atoms with Gasteiger partial charge in [-0.05, 0) is 6.92 Å². The number of hydrogen-bond donors (Lipinski definition) is 5. The van der Waals surface area contributed by atoms with Gasteiger partial charge in [0.2, 0.25) is 5.91 Å². The quantitative estimate of drug-likeness (QED) is 0.365. The van der Waals surface area contributed by atoms with Crippen LogP contribution in [0.5, 0.6) is 0 Å². The van der Waals surface area contributed by atoms with Gasteiger partial charge in [0.25, 0.3) is 0 Å². The SMILES string of the molecule is CCOC(=O)N[C@@H]1O[C@H](C(N)=O)[C@@H](O)[C@H](O)[C@H]1O. The summed E-state index contributed by atoms with van der Waals surface area (Å²) in [6, 6.07) is 0. The third kappa shape index (κ3) is 3.07. The van der Waals surface area contributed by atoms with Gasteiger partial charge in [0, 0.05) is 0 Å². The molecule has 9 nitrogen and oxygen atoms in total. The molecule has 1 rings (SSSR count). The maximum absolute atomic E-state index is 11.1. The van der Waals surface area contributed by atoms with Gasteiger partial charge in [-0.2, -0.15) is 0 Å². The number of carbonyl (C=O) groups excluding carboxylic acids is 2. The predicted molar refractivity (Wildman–Crippen MR) is 56.0 cm³/mol. The number of aliphatic hydroxyl groups is 3. The third-order valence-electron chi connectivity index (χ3n) is 2.43. The molecule has 18 heavy (non-hydrogen) atoms. The van der Waals surface area contributed by atoms with Crippen LogP contribution < -0.4 is 11.1 Å². The first-order chi connectivity index (χ1) is 8.38. The summed E-state index contributed by atoms with van der Waals surface area (Å²) in [5, 5.41) is 30.6. The zero-order chi connectivity index (χ0) is 13.9. The molecule has 0 aromatic carbocycles. The molecule has 1 aliphatic heterocycles. The molecule has 0 spiro atoms. The lowest BCUT2D eigenvalue weighted by Crippen LogP contribution is -2.65.